The normalized spacial score (nSPS) is 15.2. The van der Waals surface area contributed by atoms with Gasteiger partial charge in [-0.1, -0.05) is 204 Å². The Kier molecular flexibility index (Phi) is 11.5. The van der Waals surface area contributed by atoms with E-state index >= 15 is 0 Å². The van der Waals surface area contributed by atoms with Gasteiger partial charge in [0, 0.05) is 17.0 Å². The van der Waals surface area contributed by atoms with Gasteiger partial charge in [0.25, 0.3) is 0 Å². The minimum Gasteiger partial charge on any atom is -0.362 e. The van der Waals surface area contributed by atoms with Gasteiger partial charge in [-0.2, -0.15) is 0 Å². The van der Waals surface area contributed by atoms with Crippen molar-refractivity contribution >= 4 is 35.1 Å². The molecule has 0 aromatic heterocycles. The van der Waals surface area contributed by atoms with Crippen molar-refractivity contribution in [3.05, 3.63) is 195 Å². The lowest BCUT2D eigenvalue weighted by Gasteiger charge is -2.38. The molecule has 6 aromatic rings. The first kappa shape index (κ1) is 41.5. The molecule has 0 bridgehead atoms. The van der Waals surface area contributed by atoms with Gasteiger partial charge in [0.15, 0.2) is 0 Å². The second kappa shape index (κ2) is 16.6. The molecule has 3 heteroatoms. The second-order valence-electron chi connectivity index (χ2n) is 19.2. The number of allylic oxidation sites excluding steroid dienone is 1. The third kappa shape index (κ3) is 6.92. The lowest BCUT2D eigenvalue weighted by molar-refractivity contribution is 0.777. The van der Waals surface area contributed by atoms with E-state index in [0.717, 1.165) is 0 Å². The molecule has 0 radical (unpaired) electrons. The van der Waals surface area contributed by atoms with Crippen molar-refractivity contribution in [2.24, 2.45) is 0 Å². The molecule has 2 aliphatic rings. The number of hydrogen-bond donors (Lipinski definition) is 0. The molecule has 1 atom stereocenters. The summed E-state index contributed by atoms with van der Waals surface area (Å²) in [7, 11) is 0. The van der Waals surface area contributed by atoms with E-state index in [1.165, 1.54) is 89.4 Å². The number of rotatable bonds is 11. The average molecular weight is 789 g/mol. The first-order valence-electron chi connectivity index (χ1n) is 22.8. The van der Waals surface area contributed by atoms with Gasteiger partial charge in [-0.15, -0.1) is 0 Å². The molecule has 1 heterocycles. The van der Waals surface area contributed by atoms with Gasteiger partial charge in [0.05, 0.1) is 17.3 Å². The van der Waals surface area contributed by atoms with Crippen LogP contribution in [-0.4, -0.2) is 6.98 Å². The fourth-order valence-corrected chi connectivity index (χ4v) is 10.5. The Morgan fingerprint density at radius 3 is 1.32 bits per heavy atom. The van der Waals surface area contributed by atoms with Gasteiger partial charge in [-0.05, 0) is 109 Å². The van der Waals surface area contributed by atoms with Crippen molar-refractivity contribution in [1.29, 1.82) is 0 Å². The SMILES string of the molecule is CC(C)c1cccc(C(C)C)c1C1=C(N2B(c3ccccc3)N(c3c(C(C)C)cccc3C(C)C)c3ccccc32)C(c2c(C(C)C)cccc2C(C)C)c2ccccc21. The van der Waals surface area contributed by atoms with E-state index in [4.69, 9.17) is 0 Å². The summed E-state index contributed by atoms with van der Waals surface area (Å²) >= 11 is 0. The van der Waals surface area contributed by atoms with Gasteiger partial charge in [-0.25, -0.2) is 0 Å². The maximum absolute atomic E-state index is 2.81. The molecule has 1 unspecified atom stereocenters. The minimum atomic E-state index is -0.148. The van der Waals surface area contributed by atoms with E-state index in [-0.39, 0.29) is 12.9 Å². The van der Waals surface area contributed by atoms with Crippen LogP contribution in [0.2, 0.25) is 0 Å². The highest BCUT2D eigenvalue weighted by atomic mass is 15.3. The molecule has 6 aromatic carbocycles. The first-order valence-corrected chi connectivity index (χ1v) is 22.8. The van der Waals surface area contributed by atoms with E-state index in [1.54, 1.807) is 0 Å². The summed E-state index contributed by atoms with van der Waals surface area (Å²) in [5.41, 5.74) is 22.0. The third-order valence-corrected chi connectivity index (χ3v) is 13.2. The standard InChI is InChI=1S/C57H65BN2/c1-35(2)42-27-20-28-43(36(3)4)52(42)54-48-25-16-17-26-49(48)55(53-44(37(5)6)29-21-30-45(53)38(7)8)57(54)60-51-34-19-18-33-50(51)59(58(60)41-23-14-13-15-24-41)56-46(39(9)10)31-22-32-47(56)40(11)12/h13-40,54H,1-12H3. The van der Waals surface area contributed by atoms with Crippen LogP contribution in [0, 0.1) is 0 Å². The van der Waals surface area contributed by atoms with Gasteiger partial charge in [0.2, 0.25) is 0 Å². The first-order chi connectivity index (χ1) is 28.8. The quantitative estimate of drug-likeness (QED) is 0.121. The Morgan fingerprint density at radius 2 is 0.817 bits per heavy atom. The molecule has 1 aliphatic carbocycles. The zero-order chi connectivity index (χ0) is 42.6. The molecular weight excluding hydrogens is 723 g/mol. The Morgan fingerprint density at radius 1 is 0.400 bits per heavy atom. The third-order valence-electron chi connectivity index (χ3n) is 13.2. The molecule has 0 fully saturated rings. The zero-order valence-corrected chi connectivity index (χ0v) is 38.2. The van der Waals surface area contributed by atoms with Crippen molar-refractivity contribution in [3.8, 4) is 0 Å². The Labute approximate surface area is 362 Å². The Balaban J connectivity index is 1.60. The fraction of sp³-hybridized carbons (Fsp3) is 0.333. The zero-order valence-electron chi connectivity index (χ0n) is 38.2. The van der Waals surface area contributed by atoms with E-state index in [1.807, 2.05) is 0 Å². The smallest absolute Gasteiger partial charge is 0.362 e. The summed E-state index contributed by atoms with van der Waals surface area (Å²) in [6.45, 7) is 28.3. The number of fused-ring (bicyclic) bond motifs is 2. The van der Waals surface area contributed by atoms with Crippen LogP contribution in [0.25, 0.3) is 5.57 Å². The monoisotopic (exact) mass is 789 g/mol. The van der Waals surface area contributed by atoms with Crippen LogP contribution < -0.4 is 15.1 Å². The lowest BCUT2D eigenvalue weighted by Crippen LogP contribution is -2.55. The van der Waals surface area contributed by atoms with Crippen molar-refractivity contribution in [2.75, 3.05) is 9.62 Å². The van der Waals surface area contributed by atoms with Crippen LogP contribution in [0.3, 0.4) is 0 Å². The van der Waals surface area contributed by atoms with Crippen LogP contribution >= 0.6 is 0 Å². The lowest BCUT2D eigenvalue weighted by atomic mass is 9.63. The van der Waals surface area contributed by atoms with Crippen LogP contribution in [0.1, 0.15) is 180 Å². The molecule has 306 valence electrons. The molecular formula is C57H65BN2. The molecule has 0 spiro atoms. The largest absolute Gasteiger partial charge is 0.420 e. The minimum absolute atomic E-state index is 0.00318. The highest BCUT2D eigenvalue weighted by Crippen LogP contribution is 2.58. The van der Waals surface area contributed by atoms with Gasteiger partial charge in [-0.3, -0.25) is 0 Å². The number of hydrogen-bond acceptors (Lipinski definition) is 2. The van der Waals surface area contributed by atoms with Crippen LogP contribution in [0.4, 0.5) is 17.1 Å². The molecule has 0 saturated heterocycles. The number of benzene rings is 6. The molecule has 60 heavy (non-hydrogen) atoms. The second-order valence-corrected chi connectivity index (χ2v) is 19.2. The summed E-state index contributed by atoms with van der Waals surface area (Å²) in [4.78, 5) is 5.55. The number of anilines is 3. The Hall–Kier alpha value is -5.28. The average Bonchev–Trinajstić information content (AvgIpc) is 3.75. The van der Waals surface area contributed by atoms with Crippen LogP contribution in [0.5, 0.6) is 0 Å². The van der Waals surface area contributed by atoms with E-state index in [9.17, 15) is 0 Å². The van der Waals surface area contributed by atoms with E-state index in [0.29, 0.717) is 35.5 Å². The van der Waals surface area contributed by atoms with E-state index in [2.05, 4.69) is 226 Å². The Bertz CT molecular complexity index is 2460. The molecule has 1 aliphatic heterocycles. The van der Waals surface area contributed by atoms with Gasteiger partial charge < -0.3 is 9.62 Å². The maximum atomic E-state index is 2.81. The predicted molar refractivity (Wildman–Crippen MR) is 261 cm³/mol. The molecule has 8 rings (SSSR count). The molecule has 0 amide bonds. The van der Waals surface area contributed by atoms with Crippen LogP contribution in [-0.2, 0) is 0 Å². The highest BCUT2D eigenvalue weighted by molar-refractivity contribution is 6.84. The summed E-state index contributed by atoms with van der Waals surface area (Å²) in [6.07, 6.45) is 0. The van der Waals surface area contributed by atoms with Crippen molar-refractivity contribution < 1.29 is 0 Å². The maximum Gasteiger partial charge on any atom is 0.420 e. The van der Waals surface area contributed by atoms with Crippen molar-refractivity contribution in [2.45, 2.75) is 125 Å². The highest BCUT2D eigenvalue weighted by Gasteiger charge is 2.51. The number of nitrogens with zero attached hydrogens (tertiary/aromatic N) is 2. The number of para-hydroxylation sites is 3. The van der Waals surface area contributed by atoms with E-state index < -0.39 is 0 Å². The summed E-state index contributed by atoms with van der Waals surface area (Å²) < 4.78 is 0. The van der Waals surface area contributed by atoms with Gasteiger partial charge in [0.1, 0.15) is 0 Å². The molecule has 0 N–H and O–H groups in total. The topological polar surface area (TPSA) is 6.48 Å². The molecule has 2 nitrogen and oxygen atoms in total. The fourth-order valence-electron chi connectivity index (χ4n) is 10.5. The van der Waals surface area contributed by atoms with Crippen molar-refractivity contribution in [3.63, 3.8) is 0 Å². The predicted octanol–water partition coefficient (Wildman–Crippen LogP) is 15.4. The van der Waals surface area contributed by atoms with Gasteiger partial charge >= 0.3 is 6.98 Å². The molecule has 0 saturated carbocycles. The summed E-state index contributed by atoms with van der Waals surface area (Å²) in [5, 5.41) is 0. The van der Waals surface area contributed by atoms with Crippen molar-refractivity contribution in [1.82, 2.24) is 0 Å². The summed E-state index contributed by atoms with van der Waals surface area (Å²) in [6, 6.07) is 51.4. The summed E-state index contributed by atoms with van der Waals surface area (Å²) in [5.74, 6) is 2.06. The van der Waals surface area contributed by atoms with Crippen LogP contribution in [0.15, 0.2) is 139 Å².